The van der Waals surface area contributed by atoms with E-state index in [4.69, 9.17) is 17.3 Å². The Morgan fingerprint density at radius 1 is 1.43 bits per heavy atom. The Kier molecular flexibility index (Phi) is 2.89. The van der Waals surface area contributed by atoms with Crippen LogP contribution >= 0.6 is 11.6 Å². The number of nitrogen functional groups attached to an aromatic ring is 1. The molecule has 0 bridgehead atoms. The van der Waals surface area contributed by atoms with Gasteiger partial charge in [0.1, 0.15) is 0 Å². The maximum absolute atomic E-state index is 5.77. The zero-order valence-electron chi connectivity index (χ0n) is 7.96. The number of halogens is 1. The molecule has 76 valence electrons. The van der Waals surface area contributed by atoms with E-state index < -0.39 is 0 Å². The van der Waals surface area contributed by atoms with Crippen molar-refractivity contribution in [3.05, 3.63) is 23.0 Å². The Morgan fingerprint density at radius 2 is 2.14 bits per heavy atom. The van der Waals surface area contributed by atoms with Gasteiger partial charge in [0, 0.05) is 6.20 Å². The second kappa shape index (κ2) is 4.15. The van der Waals surface area contributed by atoms with E-state index in [1.165, 1.54) is 5.56 Å². The second-order valence-electron chi connectivity index (χ2n) is 3.67. The summed E-state index contributed by atoms with van der Waals surface area (Å²) in [5.74, 6) is 0.586. The lowest BCUT2D eigenvalue weighted by Gasteiger charge is -2.22. The Balaban J connectivity index is 2.18. The van der Waals surface area contributed by atoms with Crippen molar-refractivity contribution in [3.63, 3.8) is 0 Å². The highest BCUT2D eigenvalue weighted by atomic mass is 35.5. The van der Waals surface area contributed by atoms with E-state index in [-0.39, 0.29) is 0 Å². The lowest BCUT2D eigenvalue weighted by molar-refractivity contribution is 0.460. The molecule has 14 heavy (non-hydrogen) atoms. The van der Waals surface area contributed by atoms with Crippen molar-refractivity contribution in [3.8, 4) is 0 Å². The SMILES string of the molecule is Nc1cc(C2CCNCC2)cnc1Cl. The van der Waals surface area contributed by atoms with Crippen LogP contribution in [-0.4, -0.2) is 18.1 Å². The summed E-state index contributed by atoms with van der Waals surface area (Å²) in [6, 6.07) is 1.95. The molecule has 1 aliphatic rings. The van der Waals surface area contributed by atoms with Gasteiger partial charge in [-0.3, -0.25) is 0 Å². The summed E-state index contributed by atoms with van der Waals surface area (Å²) in [6.45, 7) is 2.15. The number of nitrogens with two attached hydrogens (primary N) is 1. The van der Waals surface area contributed by atoms with Crippen molar-refractivity contribution >= 4 is 17.3 Å². The van der Waals surface area contributed by atoms with Crippen molar-refractivity contribution in [2.75, 3.05) is 18.8 Å². The van der Waals surface area contributed by atoms with Crippen molar-refractivity contribution in [1.82, 2.24) is 10.3 Å². The third kappa shape index (κ3) is 1.99. The molecule has 0 unspecified atom stereocenters. The zero-order valence-corrected chi connectivity index (χ0v) is 8.72. The molecule has 2 heterocycles. The Labute approximate surface area is 88.7 Å². The highest BCUT2D eigenvalue weighted by Crippen LogP contribution is 2.27. The van der Waals surface area contributed by atoms with Gasteiger partial charge in [-0.2, -0.15) is 0 Å². The molecular formula is C10H14ClN3. The van der Waals surface area contributed by atoms with E-state index in [0.717, 1.165) is 25.9 Å². The Morgan fingerprint density at radius 3 is 2.79 bits per heavy atom. The quantitative estimate of drug-likeness (QED) is 0.697. The molecule has 1 aliphatic heterocycles. The lowest BCUT2D eigenvalue weighted by Crippen LogP contribution is -2.26. The van der Waals surface area contributed by atoms with Crippen molar-refractivity contribution in [2.24, 2.45) is 0 Å². The first kappa shape index (κ1) is 9.74. The molecule has 4 heteroatoms. The van der Waals surface area contributed by atoms with Gasteiger partial charge < -0.3 is 11.1 Å². The monoisotopic (exact) mass is 211 g/mol. The molecule has 0 aliphatic carbocycles. The second-order valence-corrected chi connectivity index (χ2v) is 4.03. The summed E-state index contributed by atoms with van der Waals surface area (Å²) in [4.78, 5) is 4.07. The van der Waals surface area contributed by atoms with E-state index in [0.29, 0.717) is 16.8 Å². The minimum Gasteiger partial charge on any atom is -0.396 e. The number of hydrogen-bond donors (Lipinski definition) is 2. The zero-order chi connectivity index (χ0) is 9.97. The molecule has 1 aromatic heterocycles. The fraction of sp³-hybridized carbons (Fsp3) is 0.500. The van der Waals surface area contributed by atoms with Crippen LogP contribution in [0.15, 0.2) is 12.3 Å². The average Bonchev–Trinajstić information content (AvgIpc) is 2.23. The van der Waals surface area contributed by atoms with Crippen molar-refractivity contribution in [1.29, 1.82) is 0 Å². The first-order chi connectivity index (χ1) is 6.77. The van der Waals surface area contributed by atoms with Gasteiger partial charge in [-0.05, 0) is 43.5 Å². The third-order valence-electron chi connectivity index (χ3n) is 2.70. The molecule has 1 fully saturated rings. The van der Waals surface area contributed by atoms with Gasteiger partial charge in [0.2, 0.25) is 0 Å². The molecule has 0 amide bonds. The molecule has 0 spiro atoms. The maximum Gasteiger partial charge on any atom is 0.151 e. The van der Waals surface area contributed by atoms with E-state index >= 15 is 0 Å². The summed E-state index contributed by atoms with van der Waals surface area (Å²) in [5.41, 5.74) is 7.52. The van der Waals surface area contributed by atoms with Gasteiger partial charge in [0.15, 0.2) is 5.15 Å². The van der Waals surface area contributed by atoms with Crippen molar-refractivity contribution < 1.29 is 0 Å². The third-order valence-corrected chi connectivity index (χ3v) is 3.01. The van der Waals surface area contributed by atoms with Gasteiger partial charge in [0.05, 0.1) is 5.69 Å². The van der Waals surface area contributed by atoms with Gasteiger partial charge in [0.25, 0.3) is 0 Å². The van der Waals surface area contributed by atoms with E-state index in [2.05, 4.69) is 10.3 Å². The lowest BCUT2D eigenvalue weighted by atomic mass is 9.91. The summed E-state index contributed by atoms with van der Waals surface area (Å²) in [7, 11) is 0. The number of piperidine rings is 1. The number of aromatic nitrogens is 1. The topological polar surface area (TPSA) is 50.9 Å². The Bertz CT molecular complexity index is 321. The highest BCUT2D eigenvalue weighted by Gasteiger charge is 2.16. The number of pyridine rings is 1. The van der Waals surface area contributed by atoms with Crippen LogP contribution in [0.25, 0.3) is 0 Å². The number of nitrogens with zero attached hydrogens (tertiary/aromatic N) is 1. The minimum absolute atomic E-state index is 0.405. The maximum atomic E-state index is 5.77. The molecule has 2 rings (SSSR count). The standard InChI is InChI=1S/C10H14ClN3/c11-10-9(12)5-8(6-14-10)7-1-3-13-4-2-7/h5-7,13H,1-4,12H2. The molecule has 1 aromatic rings. The van der Waals surface area contributed by atoms with Gasteiger partial charge in [-0.1, -0.05) is 11.6 Å². The van der Waals surface area contributed by atoms with Crippen LogP contribution < -0.4 is 11.1 Å². The highest BCUT2D eigenvalue weighted by molar-refractivity contribution is 6.31. The molecule has 0 atom stereocenters. The van der Waals surface area contributed by atoms with Gasteiger partial charge in [-0.25, -0.2) is 4.98 Å². The summed E-state index contributed by atoms with van der Waals surface area (Å²) in [6.07, 6.45) is 4.15. The van der Waals surface area contributed by atoms with Crippen LogP contribution in [0.5, 0.6) is 0 Å². The number of hydrogen-bond acceptors (Lipinski definition) is 3. The van der Waals surface area contributed by atoms with Gasteiger partial charge in [-0.15, -0.1) is 0 Å². The smallest absolute Gasteiger partial charge is 0.151 e. The van der Waals surface area contributed by atoms with Crippen molar-refractivity contribution in [2.45, 2.75) is 18.8 Å². The van der Waals surface area contributed by atoms with Crippen LogP contribution in [0, 0.1) is 0 Å². The molecular weight excluding hydrogens is 198 g/mol. The van der Waals surface area contributed by atoms with E-state index in [1.54, 1.807) is 0 Å². The normalized spacial score (nSPS) is 18.4. The number of nitrogens with one attached hydrogen (secondary N) is 1. The van der Waals surface area contributed by atoms with Crippen LogP contribution in [0.3, 0.4) is 0 Å². The predicted molar refractivity (Wildman–Crippen MR) is 58.5 cm³/mol. The van der Waals surface area contributed by atoms with E-state index in [1.807, 2.05) is 12.3 Å². The molecule has 3 nitrogen and oxygen atoms in total. The molecule has 1 saturated heterocycles. The molecule has 0 radical (unpaired) electrons. The summed E-state index contributed by atoms with van der Waals surface area (Å²) in [5, 5.41) is 3.74. The fourth-order valence-corrected chi connectivity index (χ4v) is 1.96. The predicted octanol–water partition coefficient (Wildman–Crippen LogP) is 1.78. The first-order valence-electron chi connectivity index (χ1n) is 4.89. The van der Waals surface area contributed by atoms with Crippen LogP contribution in [0.2, 0.25) is 5.15 Å². The fourth-order valence-electron chi connectivity index (χ4n) is 1.86. The Hall–Kier alpha value is -0.800. The number of anilines is 1. The largest absolute Gasteiger partial charge is 0.396 e. The van der Waals surface area contributed by atoms with Crippen LogP contribution in [0.4, 0.5) is 5.69 Å². The van der Waals surface area contributed by atoms with E-state index in [9.17, 15) is 0 Å². The average molecular weight is 212 g/mol. The summed E-state index contributed by atoms with van der Waals surface area (Å²) < 4.78 is 0. The molecule has 3 N–H and O–H groups in total. The first-order valence-corrected chi connectivity index (χ1v) is 5.27. The minimum atomic E-state index is 0.405. The van der Waals surface area contributed by atoms with Crippen LogP contribution in [0.1, 0.15) is 24.3 Å². The van der Waals surface area contributed by atoms with Crippen LogP contribution in [-0.2, 0) is 0 Å². The number of rotatable bonds is 1. The molecule has 0 saturated carbocycles. The molecule has 0 aromatic carbocycles. The summed E-state index contributed by atoms with van der Waals surface area (Å²) >= 11 is 5.77. The van der Waals surface area contributed by atoms with Gasteiger partial charge >= 0.3 is 0 Å².